The van der Waals surface area contributed by atoms with Gasteiger partial charge in [-0.15, -0.1) is 0 Å². The predicted molar refractivity (Wildman–Crippen MR) is 54.2 cm³/mol. The van der Waals surface area contributed by atoms with Gasteiger partial charge in [0.1, 0.15) is 0 Å². The molecule has 0 aliphatic rings. The highest BCUT2D eigenvalue weighted by atomic mass is 16.5. The first-order valence-electron chi connectivity index (χ1n) is 4.74. The number of nitrogens with zero attached hydrogens (tertiary/aromatic N) is 1. The fraction of sp³-hybridized carbons (Fsp3) is 0.364. The van der Waals surface area contributed by atoms with Crippen molar-refractivity contribution in [2.75, 3.05) is 0 Å². The smallest absolute Gasteiger partial charge is 0.208 e. The second kappa shape index (κ2) is 3.33. The van der Waals surface area contributed by atoms with Crippen LogP contribution >= 0.6 is 0 Å². The van der Waals surface area contributed by atoms with Gasteiger partial charge in [0.25, 0.3) is 0 Å². The van der Waals surface area contributed by atoms with E-state index < -0.39 is 0 Å². The first-order chi connectivity index (χ1) is 6.68. The summed E-state index contributed by atoms with van der Waals surface area (Å²) in [4.78, 5) is 0. The Morgan fingerprint density at radius 2 is 2.21 bits per heavy atom. The van der Waals surface area contributed by atoms with Gasteiger partial charge in [-0.3, -0.25) is 0 Å². The van der Waals surface area contributed by atoms with E-state index in [0.29, 0.717) is 11.5 Å². The van der Waals surface area contributed by atoms with E-state index in [2.05, 4.69) is 19.0 Å². The molecule has 0 aliphatic carbocycles. The van der Waals surface area contributed by atoms with E-state index in [0.717, 1.165) is 17.5 Å². The predicted octanol–water partition coefficient (Wildman–Crippen LogP) is 2.73. The van der Waals surface area contributed by atoms with E-state index in [-0.39, 0.29) is 5.75 Å². The zero-order valence-corrected chi connectivity index (χ0v) is 8.32. The van der Waals surface area contributed by atoms with Gasteiger partial charge in [0.2, 0.25) is 5.58 Å². The maximum absolute atomic E-state index is 9.48. The van der Waals surface area contributed by atoms with Crippen molar-refractivity contribution < 1.29 is 9.63 Å². The van der Waals surface area contributed by atoms with E-state index in [1.807, 2.05) is 6.07 Å². The Bertz CT molecular complexity index is 445. The van der Waals surface area contributed by atoms with Crippen LogP contribution in [0.3, 0.4) is 0 Å². The van der Waals surface area contributed by atoms with Crippen LogP contribution in [0.25, 0.3) is 11.0 Å². The summed E-state index contributed by atoms with van der Waals surface area (Å²) in [5.74, 6) is 0.690. The second-order valence-corrected chi connectivity index (χ2v) is 3.88. The summed E-state index contributed by atoms with van der Waals surface area (Å²) < 4.78 is 5.08. The largest absolute Gasteiger partial charge is 0.504 e. The monoisotopic (exact) mass is 191 g/mol. The Labute approximate surface area is 82.3 Å². The van der Waals surface area contributed by atoms with Gasteiger partial charge in [-0.05, 0) is 24.5 Å². The molecule has 1 aromatic heterocycles. The Balaban J connectivity index is 2.52. The van der Waals surface area contributed by atoms with Gasteiger partial charge in [0.15, 0.2) is 5.75 Å². The third-order valence-electron chi connectivity index (χ3n) is 2.15. The van der Waals surface area contributed by atoms with E-state index in [9.17, 15) is 5.11 Å². The molecule has 3 nitrogen and oxygen atoms in total. The lowest BCUT2D eigenvalue weighted by Gasteiger charge is -1.99. The second-order valence-electron chi connectivity index (χ2n) is 3.88. The lowest BCUT2D eigenvalue weighted by Crippen LogP contribution is -1.94. The van der Waals surface area contributed by atoms with Gasteiger partial charge < -0.3 is 9.63 Å². The lowest BCUT2D eigenvalue weighted by atomic mass is 10.1. The van der Waals surface area contributed by atoms with E-state index in [1.54, 1.807) is 12.1 Å². The summed E-state index contributed by atoms with van der Waals surface area (Å²) in [7, 11) is 0. The number of aromatic nitrogens is 1. The quantitative estimate of drug-likeness (QED) is 0.793. The molecule has 0 saturated carbocycles. The highest BCUT2D eigenvalue weighted by Crippen LogP contribution is 2.27. The molecule has 74 valence electrons. The molecule has 3 heteroatoms. The Kier molecular flexibility index (Phi) is 2.15. The number of fused-ring (bicyclic) bond motifs is 1. The van der Waals surface area contributed by atoms with E-state index in [1.165, 1.54) is 0 Å². The summed E-state index contributed by atoms with van der Waals surface area (Å²) in [6.45, 7) is 4.26. The molecule has 0 fully saturated rings. The minimum Gasteiger partial charge on any atom is -0.504 e. The summed E-state index contributed by atoms with van der Waals surface area (Å²) in [5.41, 5.74) is 1.41. The van der Waals surface area contributed by atoms with Crippen LogP contribution in [0.5, 0.6) is 5.75 Å². The van der Waals surface area contributed by atoms with Crippen molar-refractivity contribution in [3.05, 3.63) is 23.9 Å². The molecule has 1 N–H and O–H groups in total. The average molecular weight is 191 g/mol. The van der Waals surface area contributed by atoms with Gasteiger partial charge in [0.05, 0.1) is 5.69 Å². The van der Waals surface area contributed by atoms with Crippen LogP contribution in [0.1, 0.15) is 19.5 Å². The minimum atomic E-state index is 0.157. The molecule has 1 heterocycles. The normalized spacial score (nSPS) is 11.4. The Hall–Kier alpha value is -1.51. The van der Waals surface area contributed by atoms with Gasteiger partial charge in [-0.2, -0.15) is 0 Å². The molecule has 2 rings (SSSR count). The average Bonchev–Trinajstić information content (AvgIpc) is 2.49. The molecule has 0 amide bonds. The molecule has 0 saturated heterocycles. The Morgan fingerprint density at radius 1 is 1.43 bits per heavy atom. The van der Waals surface area contributed by atoms with Gasteiger partial charge in [-0.25, -0.2) is 0 Å². The van der Waals surface area contributed by atoms with Crippen molar-refractivity contribution >= 4 is 11.0 Å². The van der Waals surface area contributed by atoms with Gasteiger partial charge in [-0.1, -0.05) is 25.1 Å². The molecule has 0 unspecified atom stereocenters. The van der Waals surface area contributed by atoms with Crippen molar-refractivity contribution in [3.8, 4) is 5.75 Å². The SMILES string of the molecule is CC(C)Cc1noc2c(O)cccc12. The third kappa shape index (κ3) is 1.45. The van der Waals surface area contributed by atoms with Crippen LogP contribution in [0, 0.1) is 5.92 Å². The summed E-state index contributed by atoms with van der Waals surface area (Å²) >= 11 is 0. The molecular formula is C11H13NO2. The fourth-order valence-electron chi connectivity index (χ4n) is 1.53. The Morgan fingerprint density at radius 3 is 2.93 bits per heavy atom. The summed E-state index contributed by atoms with van der Waals surface area (Å²) in [6, 6.07) is 5.33. The standard InChI is InChI=1S/C11H13NO2/c1-7(2)6-9-8-4-3-5-10(13)11(8)14-12-9/h3-5,7,13H,6H2,1-2H3. The van der Waals surface area contributed by atoms with Crippen LogP contribution in [0.15, 0.2) is 22.7 Å². The summed E-state index contributed by atoms with van der Waals surface area (Å²) in [5, 5.41) is 14.4. The first kappa shape index (κ1) is 9.06. The third-order valence-corrected chi connectivity index (χ3v) is 2.15. The van der Waals surface area contributed by atoms with Crippen LogP contribution in [0.2, 0.25) is 0 Å². The lowest BCUT2D eigenvalue weighted by molar-refractivity contribution is 0.413. The highest BCUT2D eigenvalue weighted by Gasteiger charge is 2.11. The molecule has 1 aromatic carbocycles. The maximum atomic E-state index is 9.48. The number of aromatic hydroxyl groups is 1. The highest BCUT2D eigenvalue weighted by molar-refractivity contribution is 5.84. The molecule has 2 aromatic rings. The zero-order chi connectivity index (χ0) is 10.1. The summed E-state index contributed by atoms with van der Waals surface area (Å²) in [6.07, 6.45) is 0.871. The van der Waals surface area contributed by atoms with E-state index in [4.69, 9.17) is 4.52 Å². The maximum Gasteiger partial charge on any atom is 0.208 e. The molecule has 0 radical (unpaired) electrons. The number of hydrogen-bond donors (Lipinski definition) is 1. The zero-order valence-electron chi connectivity index (χ0n) is 8.32. The molecule has 0 spiro atoms. The van der Waals surface area contributed by atoms with Crippen LogP contribution in [-0.4, -0.2) is 10.3 Å². The van der Waals surface area contributed by atoms with Crippen LogP contribution < -0.4 is 0 Å². The number of benzene rings is 1. The molecule has 0 aliphatic heterocycles. The number of phenols is 1. The van der Waals surface area contributed by atoms with Crippen LogP contribution in [-0.2, 0) is 6.42 Å². The number of rotatable bonds is 2. The molecular weight excluding hydrogens is 178 g/mol. The van der Waals surface area contributed by atoms with Gasteiger partial charge in [0, 0.05) is 5.39 Å². The number of para-hydroxylation sites is 1. The van der Waals surface area contributed by atoms with Crippen LogP contribution in [0.4, 0.5) is 0 Å². The number of phenolic OH excluding ortho intramolecular Hbond substituents is 1. The van der Waals surface area contributed by atoms with Crippen molar-refractivity contribution in [1.29, 1.82) is 0 Å². The fourth-order valence-corrected chi connectivity index (χ4v) is 1.53. The van der Waals surface area contributed by atoms with Crippen molar-refractivity contribution in [2.45, 2.75) is 20.3 Å². The molecule has 0 atom stereocenters. The van der Waals surface area contributed by atoms with Crippen molar-refractivity contribution in [3.63, 3.8) is 0 Å². The number of hydrogen-bond acceptors (Lipinski definition) is 3. The van der Waals surface area contributed by atoms with Crippen molar-refractivity contribution in [2.24, 2.45) is 5.92 Å². The molecule has 14 heavy (non-hydrogen) atoms. The van der Waals surface area contributed by atoms with E-state index >= 15 is 0 Å². The van der Waals surface area contributed by atoms with Gasteiger partial charge >= 0.3 is 0 Å². The topological polar surface area (TPSA) is 46.3 Å². The molecule has 0 bridgehead atoms. The van der Waals surface area contributed by atoms with Crippen molar-refractivity contribution in [1.82, 2.24) is 5.16 Å². The minimum absolute atomic E-state index is 0.157. The first-order valence-corrected chi connectivity index (χ1v) is 4.74.